The maximum atomic E-state index is 12.3. The smallest absolute Gasteiger partial charge is 0.257 e. The quantitative estimate of drug-likeness (QED) is 0.875. The second kappa shape index (κ2) is 5.80. The van der Waals surface area contributed by atoms with Crippen LogP contribution in [0.1, 0.15) is 30.1 Å². The number of hydrogen-bond acceptors (Lipinski definition) is 3. The van der Waals surface area contributed by atoms with Crippen LogP contribution in [0.4, 0.5) is 0 Å². The van der Waals surface area contributed by atoms with Crippen LogP contribution in [0, 0.1) is 5.92 Å². The third kappa shape index (κ3) is 3.19. The lowest BCUT2D eigenvalue weighted by Gasteiger charge is -2.34. The Bertz CT molecular complexity index is 476. The standard InChI is InChI=1S/C14H18ClNO3/c1-9(17)10-3-2-6-16(8-10)14(19)12-5-4-11(15)7-13(12)18/h4-5,7,9-10,17-18H,2-3,6,8H2,1H3. The summed E-state index contributed by atoms with van der Waals surface area (Å²) in [4.78, 5) is 14.0. The van der Waals surface area contributed by atoms with Crippen molar-refractivity contribution < 1.29 is 15.0 Å². The van der Waals surface area contributed by atoms with Gasteiger partial charge in [-0.2, -0.15) is 0 Å². The highest BCUT2D eigenvalue weighted by Crippen LogP contribution is 2.26. The van der Waals surface area contributed by atoms with Crippen LogP contribution in [-0.2, 0) is 0 Å². The molecular formula is C14H18ClNO3. The number of aromatic hydroxyl groups is 1. The summed E-state index contributed by atoms with van der Waals surface area (Å²) in [5.41, 5.74) is 0.260. The van der Waals surface area contributed by atoms with Crippen molar-refractivity contribution >= 4 is 17.5 Å². The van der Waals surface area contributed by atoms with E-state index in [9.17, 15) is 15.0 Å². The van der Waals surface area contributed by atoms with E-state index >= 15 is 0 Å². The molecule has 4 nitrogen and oxygen atoms in total. The van der Waals surface area contributed by atoms with Gasteiger partial charge in [0, 0.05) is 24.0 Å². The van der Waals surface area contributed by atoms with Crippen molar-refractivity contribution in [3.8, 4) is 5.75 Å². The molecule has 5 heteroatoms. The molecule has 1 aliphatic heterocycles. The molecule has 0 bridgehead atoms. The lowest BCUT2D eigenvalue weighted by Crippen LogP contribution is -2.42. The number of benzene rings is 1. The molecule has 0 spiro atoms. The molecule has 1 amide bonds. The van der Waals surface area contributed by atoms with Crippen LogP contribution in [0.5, 0.6) is 5.75 Å². The highest BCUT2D eigenvalue weighted by Gasteiger charge is 2.28. The monoisotopic (exact) mass is 283 g/mol. The summed E-state index contributed by atoms with van der Waals surface area (Å²) in [6, 6.07) is 4.49. The maximum Gasteiger partial charge on any atom is 0.257 e. The van der Waals surface area contributed by atoms with Crippen molar-refractivity contribution in [3.05, 3.63) is 28.8 Å². The normalized spacial score (nSPS) is 21.2. The Hall–Kier alpha value is -1.26. The van der Waals surface area contributed by atoms with Gasteiger partial charge in [0.05, 0.1) is 11.7 Å². The number of hydrogen-bond donors (Lipinski definition) is 2. The summed E-state index contributed by atoms with van der Waals surface area (Å²) in [6.45, 7) is 2.93. The van der Waals surface area contributed by atoms with Gasteiger partial charge in [-0.3, -0.25) is 4.79 Å². The molecule has 1 fully saturated rings. The molecule has 2 atom stereocenters. The first-order chi connectivity index (χ1) is 8.99. The number of carbonyl (C=O) groups excluding carboxylic acids is 1. The van der Waals surface area contributed by atoms with Crippen LogP contribution >= 0.6 is 11.6 Å². The number of likely N-dealkylation sites (tertiary alicyclic amines) is 1. The van der Waals surface area contributed by atoms with E-state index in [1.54, 1.807) is 17.9 Å². The van der Waals surface area contributed by atoms with Gasteiger partial charge in [0.15, 0.2) is 0 Å². The van der Waals surface area contributed by atoms with E-state index in [1.807, 2.05) is 0 Å². The average Bonchev–Trinajstić information content (AvgIpc) is 2.38. The van der Waals surface area contributed by atoms with E-state index in [1.165, 1.54) is 12.1 Å². The number of piperidine rings is 1. The summed E-state index contributed by atoms with van der Waals surface area (Å²) >= 11 is 5.75. The number of amides is 1. The number of nitrogens with zero attached hydrogens (tertiary/aromatic N) is 1. The van der Waals surface area contributed by atoms with E-state index in [0.717, 1.165) is 12.8 Å². The Balaban J connectivity index is 2.15. The van der Waals surface area contributed by atoms with Crippen molar-refractivity contribution in [1.29, 1.82) is 0 Å². The molecule has 0 saturated carbocycles. The number of aliphatic hydroxyl groups is 1. The van der Waals surface area contributed by atoms with Gasteiger partial charge >= 0.3 is 0 Å². The number of halogens is 1. The first-order valence-electron chi connectivity index (χ1n) is 6.45. The molecule has 1 aromatic rings. The minimum atomic E-state index is -0.422. The van der Waals surface area contributed by atoms with Crippen LogP contribution in [0.25, 0.3) is 0 Å². The van der Waals surface area contributed by atoms with Crippen LogP contribution in [0.2, 0.25) is 5.02 Å². The molecule has 1 saturated heterocycles. The number of phenolic OH excluding ortho intramolecular Hbond substituents is 1. The fourth-order valence-corrected chi connectivity index (χ4v) is 2.61. The van der Waals surface area contributed by atoms with Gasteiger partial charge in [-0.05, 0) is 38.0 Å². The van der Waals surface area contributed by atoms with Gasteiger partial charge in [-0.25, -0.2) is 0 Å². The number of carbonyl (C=O) groups is 1. The Morgan fingerprint density at radius 2 is 2.26 bits per heavy atom. The minimum absolute atomic E-state index is 0.100. The first kappa shape index (κ1) is 14.2. The van der Waals surface area contributed by atoms with Gasteiger partial charge in [-0.15, -0.1) is 0 Å². The van der Waals surface area contributed by atoms with E-state index in [0.29, 0.717) is 18.1 Å². The molecule has 2 unspecified atom stereocenters. The third-order valence-electron chi connectivity index (χ3n) is 3.62. The molecule has 2 N–H and O–H groups in total. The average molecular weight is 284 g/mol. The van der Waals surface area contributed by atoms with E-state index in [4.69, 9.17) is 11.6 Å². The van der Waals surface area contributed by atoms with Crippen LogP contribution in [0.3, 0.4) is 0 Å². The highest BCUT2D eigenvalue weighted by molar-refractivity contribution is 6.30. The van der Waals surface area contributed by atoms with Crippen molar-refractivity contribution in [1.82, 2.24) is 4.90 Å². The van der Waals surface area contributed by atoms with E-state index in [2.05, 4.69) is 0 Å². The first-order valence-corrected chi connectivity index (χ1v) is 6.82. The molecule has 0 radical (unpaired) electrons. The molecule has 1 aromatic carbocycles. The lowest BCUT2D eigenvalue weighted by molar-refractivity contribution is 0.0464. The number of aliphatic hydroxyl groups excluding tert-OH is 1. The number of rotatable bonds is 2. The molecule has 19 heavy (non-hydrogen) atoms. The molecule has 104 valence electrons. The molecule has 1 heterocycles. The minimum Gasteiger partial charge on any atom is -0.507 e. The van der Waals surface area contributed by atoms with Crippen molar-refractivity contribution in [2.45, 2.75) is 25.9 Å². The Morgan fingerprint density at radius 3 is 2.89 bits per heavy atom. The second-order valence-corrected chi connectivity index (χ2v) is 5.49. The van der Waals surface area contributed by atoms with Gasteiger partial charge in [0.2, 0.25) is 0 Å². The summed E-state index contributed by atoms with van der Waals surface area (Å²) in [5.74, 6) is -0.205. The molecule has 2 rings (SSSR count). The third-order valence-corrected chi connectivity index (χ3v) is 3.85. The van der Waals surface area contributed by atoms with Crippen molar-refractivity contribution in [2.24, 2.45) is 5.92 Å². The van der Waals surface area contributed by atoms with Crippen LogP contribution < -0.4 is 0 Å². The molecule has 1 aliphatic rings. The molecule has 0 aromatic heterocycles. The van der Waals surface area contributed by atoms with E-state index < -0.39 is 6.10 Å². The van der Waals surface area contributed by atoms with Gasteiger partial charge in [0.25, 0.3) is 5.91 Å². The zero-order chi connectivity index (χ0) is 14.0. The predicted octanol–water partition coefficient (Wildman–Crippen LogP) is 2.28. The van der Waals surface area contributed by atoms with Crippen molar-refractivity contribution in [3.63, 3.8) is 0 Å². The summed E-state index contributed by atoms with van der Waals surface area (Å²) in [6.07, 6.45) is 1.37. The predicted molar refractivity (Wildman–Crippen MR) is 73.4 cm³/mol. The fourth-order valence-electron chi connectivity index (χ4n) is 2.44. The zero-order valence-electron chi connectivity index (χ0n) is 10.8. The number of phenols is 1. The fraction of sp³-hybridized carbons (Fsp3) is 0.500. The zero-order valence-corrected chi connectivity index (χ0v) is 11.6. The SMILES string of the molecule is CC(O)C1CCCN(C(=O)c2ccc(Cl)cc2O)C1. The van der Waals surface area contributed by atoms with Crippen molar-refractivity contribution in [2.75, 3.05) is 13.1 Å². The van der Waals surface area contributed by atoms with Crippen LogP contribution in [0.15, 0.2) is 18.2 Å². The van der Waals surface area contributed by atoms with E-state index in [-0.39, 0.29) is 23.1 Å². The highest BCUT2D eigenvalue weighted by atomic mass is 35.5. The largest absolute Gasteiger partial charge is 0.507 e. The van der Waals surface area contributed by atoms with Crippen LogP contribution in [-0.4, -0.2) is 40.2 Å². The topological polar surface area (TPSA) is 60.8 Å². The van der Waals surface area contributed by atoms with Gasteiger partial charge in [0.1, 0.15) is 5.75 Å². The Morgan fingerprint density at radius 1 is 1.53 bits per heavy atom. The summed E-state index contributed by atoms with van der Waals surface area (Å²) in [5, 5.41) is 19.8. The Kier molecular flexibility index (Phi) is 4.32. The maximum absolute atomic E-state index is 12.3. The summed E-state index contributed by atoms with van der Waals surface area (Å²) < 4.78 is 0. The molecular weight excluding hydrogens is 266 g/mol. The lowest BCUT2D eigenvalue weighted by atomic mass is 9.93. The Labute approximate surface area is 117 Å². The second-order valence-electron chi connectivity index (χ2n) is 5.06. The van der Waals surface area contributed by atoms with Gasteiger partial charge in [-0.1, -0.05) is 11.6 Å². The summed E-state index contributed by atoms with van der Waals surface area (Å²) in [7, 11) is 0. The molecule has 0 aliphatic carbocycles. The van der Waals surface area contributed by atoms with Gasteiger partial charge < -0.3 is 15.1 Å².